The summed E-state index contributed by atoms with van der Waals surface area (Å²) in [5, 5.41) is 0. The Hall–Kier alpha value is -0.130. The maximum atomic E-state index is 11.8. The molecule has 0 fully saturated rings. The molecule has 4 nitrogen and oxygen atoms in total. The van der Waals surface area contributed by atoms with E-state index in [9.17, 15) is 8.42 Å². The first kappa shape index (κ1) is 14.9. The number of nitrogens with zero attached hydrogens (tertiary/aromatic N) is 1. The second-order valence-corrected chi connectivity index (χ2v) is 6.27. The highest BCUT2D eigenvalue weighted by Crippen LogP contribution is 2.08. The number of hydrogen-bond acceptors (Lipinski definition) is 3. The van der Waals surface area contributed by atoms with Crippen LogP contribution in [0, 0.1) is 5.92 Å². The van der Waals surface area contributed by atoms with Crippen molar-refractivity contribution >= 4 is 10.0 Å². The van der Waals surface area contributed by atoms with Crippen molar-refractivity contribution in [1.82, 2.24) is 4.31 Å². The Morgan fingerprint density at radius 2 is 1.67 bits per heavy atom. The summed E-state index contributed by atoms with van der Waals surface area (Å²) in [4.78, 5) is 0. The minimum absolute atomic E-state index is 0.0624. The van der Waals surface area contributed by atoms with Gasteiger partial charge in [0.15, 0.2) is 0 Å². The van der Waals surface area contributed by atoms with Crippen molar-refractivity contribution < 1.29 is 8.42 Å². The van der Waals surface area contributed by atoms with Crippen LogP contribution in [0.1, 0.15) is 34.1 Å². The molecule has 15 heavy (non-hydrogen) atoms. The van der Waals surface area contributed by atoms with E-state index in [1.54, 1.807) is 0 Å². The van der Waals surface area contributed by atoms with E-state index in [1.807, 2.05) is 27.7 Å². The molecule has 0 saturated carbocycles. The summed E-state index contributed by atoms with van der Waals surface area (Å²) in [6.07, 6.45) is 0.750. The fourth-order valence-electron chi connectivity index (χ4n) is 1.67. The van der Waals surface area contributed by atoms with Gasteiger partial charge in [-0.3, -0.25) is 0 Å². The SMILES string of the molecule is CCN(CC)S(=O)(=O)CC(N)CC(C)C. The van der Waals surface area contributed by atoms with E-state index in [1.165, 1.54) is 4.31 Å². The number of hydrogen-bond donors (Lipinski definition) is 1. The molecule has 0 aromatic carbocycles. The lowest BCUT2D eigenvalue weighted by Gasteiger charge is -2.21. The molecule has 0 aromatic heterocycles. The molecule has 92 valence electrons. The molecule has 0 heterocycles. The molecule has 5 heteroatoms. The van der Waals surface area contributed by atoms with E-state index in [2.05, 4.69) is 0 Å². The van der Waals surface area contributed by atoms with Gasteiger partial charge in [0.1, 0.15) is 0 Å². The van der Waals surface area contributed by atoms with Gasteiger partial charge in [-0.2, -0.15) is 0 Å². The predicted octanol–water partition coefficient (Wildman–Crippen LogP) is 1.03. The molecule has 0 aromatic rings. The van der Waals surface area contributed by atoms with Gasteiger partial charge in [0.2, 0.25) is 10.0 Å². The van der Waals surface area contributed by atoms with Gasteiger partial charge in [-0.15, -0.1) is 0 Å². The third-order valence-electron chi connectivity index (χ3n) is 2.30. The predicted molar refractivity (Wildman–Crippen MR) is 64.1 cm³/mol. The van der Waals surface area contributed by atoms with Crippen LogP contribution in [0.2, 0.25) is 0 Å². The van der Waals surface area contributed by atoms with Crippen LogP contribution in [-0.2, 0) is 10.0 Å². The maximum absolute atomic E-state index is 11.8. The molecular formula is C10H24N2O2S. The first-order valence-electron chi connectivity index (χ1n) is 5.56. The van der Waals surface area contributed by atoms with E-state index in [0.717, 1.165) is 6.42 Å². The van der Waals surface area contributed by atoms with Crippen LogP contribution >= 0.6 is 0 Å². The van der Waals surface area contributed by atoms with E-state index in [0.29, 0.717) is 19.0 Å². The molecule has 0 rings (SSSR count). The Labute approximate surface area is 93.9 Å². The summed E-state index contributed by atoms with van der Waals surface area (Å²) in [5.74, 6) is 0.499. The van der Waals surface area contributed by atoms with E-state index >= 15 is 0 Å². The Balaban J connectivity index is 4.36. The maximum Gasteiger partial charge on any atom is 0.215 e. The Morgan fingerprint density at radius 1 is 1.20 bits per heavy atom. The molecule has 0 spiro atoms. The smallest absolute Gasteiger partial charge is 0.215 e. The minimum Gasteiger partial charge on any atom is -0.327 e. The first-order chi connectivity index (χ1) is 6.83. The number of sulfonamides is 1. The second-order valence-electron chi connectivity index (χ2n) is 4.25. The minimum atomic E-state index is -3.16. The van der Waals surface area contributed by atoms with Gasteiger partial charge >= 0.3 is 0 Å². The van der Waals surface area contributed by atoms with E-state index in [4.69, 9.17) is 5.73 Å². The summed E-state index contributed by atoms with van der Waals surface area (Å²) < 4.78 is 25.1. The van der Waals surface area contributed by atoms with Crippen molar-refractivity contribution in [2.75, 3.05) is 18.8 Å². The highest BCUT2D eigenvalue weighted by atomic mass is 32.2. The van der Waals surface area contributed by atoms with E-state index in [-0.39, 0.29) is 11.8 Å². The van der Waals surface area contributed by atoms with Crippen molar-refractivity contribution in [3.05, 3.63) is 0 Å². The Morgan fingerprint density at radius 3 is 2.00 bits per heavy atom. The van der Waals surface area contributed by atoms with Gasteiger partial charge in [0, 0.05) is 19.1 Å². The van der Waals surface area contributed by atoms with Crippen molar-refractivity contribution in [3.63, 3.8) is 0 Å². The van der Waals surface area contributed by atoms with Gasteiger partial charge in [-0.05, 0) is 12.3 Å². The van der Waals surface area contributed by atoms with Gasteiger partial charge in [-0.1, -0.05) is 27.7 Å². The van der Waals surface area contributed by atoms with Crippen molar-refractivity contribution in [2.24, 2.45) is 11.7 Å². The molecule has 0 bridgehead atoms. The zero-order chi connectivity index (χ0) is 12.1. The Kier molecular flexibility index (Phi) is 6.40. The van der Waals surface area contributed by atoms with Gasteiger partial charge < -0.3 is 5.73 Å². The van der Waals surface area contributed by atoms with E-state index < -0.39 is 10.0 Å². The summed E-state index contributed by atoms with van der Waals surface area (Å²) in [6, 6.07) is -0.254. The molecule has 0 aliphatic carbocycles. The van der Waals surface area contributed by atoms with Crippen molar-refractivity contribution in [2.45, 2.75) is 40.2 Å². The second kappa shape index (κ2) is 6.45. The largest absolute Gasteiger partial charge is 0.327 e. The quantitative estimate of drug-likeness (QED) is 0.718. The summed E-state index contributed by atoms with van der Waals surface area (Å²) in [6.45, 7) is 8.82. The topological polar surface area (TPSA) is 63.4 Å². The monoisotopic (exact) mass is 236 g/mol. The molecule has 0 radical (unpaired) electrons. The van der Waals surface area contributed by atoms with Crippen molar-refractivity contribution in [1.29, 1.82) is 0 Å². The third-order valence-corrected chi connectivity index (χ3v) is 4.45. The molecule has 0 saturated heterocycles. The molecule has 0 amide bonds. The zero-order valence-corrected chi connectivity index (χ0v) is 11.0. The summed E-state index contributed by atoms with van der Waals surface area (Å²) >= 11 is 0. The van der Waals surface area contributed by atoms with Gasteiger partial charge in [0.05, 0.1) is 5.75 Å². The van der Waals surface area contributed by atoms with Crippen molar-refractivity contribution in [3.8, 4) is 0 Å². The summed E-state index contributed by atoms with van der Waals surface area (Å²) in [7, 11) is -3.16. The Bertz CT molecular complexity index is 259. The zero-order valence-electron chi connectivity index (χ0n) is 10.2. The molecule has 1 unspecified atom stereocenters. The van der Waals surface area contributed by atoms with Crippen LogP contribution in [0.15, 0.2) is 0 Å². The van der Waals surface area contributed by atoms with Gasteiger partial charge in [0.25, 0.3) is 0 Å². The highest BCUT2D eigenvalue weighted by molar-refractivity contribution is 7.89. The van der Waals surface area contributed by atoms with Crippen LogP contribution < -0.4 is 5.73 Å². The number of rotatable bonds is 7. The highest BCUT2D eigenvalue weighted by Gasteiger charge is 2.22. The lowest BCUT2D eigenvalue weighted by atomic mass is 10.1. The average molecular weight is 236 g/mol. The van der Waals surface area contributed by atoms with Crippen LogP contribution in [0.5, 0.6) is 0 Å². The standard InChI is InChI=1S/C10H24N2O2S/c1-5-12(6-2)15(13,14)8-10(11)7-9(3)4/h9-10H,5-8,11H2,1-4H3. The molecule has 0 aliphatic rings. The fourth-order valence-corrected chi connectivity index (χ4v) is 3.34. The molecular weight excluding hydrogens is 212 g/mol. The fraction of sp³-hybridized carbons (Fsp3) is 1.00. The van der Waals surface area contributed by atoms with Crippen LogP contribution in [0.3, 0.4) is 0 Å². The van der Waals surface area contributed by atoms with Crippen LogP contribution in [0.25, 0.3) is 0 Å². The average Bonchev–Trinajstić information content (AvgIpc) is 2.02. The third kappa shape index (κ3) is 5.49. The normalized spacial score (nSPS) is 14.9. The molecule has 1 atom stereocenters. The first-order valence-corrected chi connectivity index (χ1v) is 7.17. The number of nitrogens with two attached hydrogens (primary N) is 1. The van der Waals surface area contributed by atoms with Crippen LogP contribution in [-0.4, -0.2) is 37.6 Å². The lowest BCUT2D eigenvalue weighted by Crippen LogP contribution is -2.40. The van der Waals surface area contributed by atoms with Gasteiger partial charge in [-0.25, -0.2) is 12.7 Å². The van der Waals surface area contributed by atoms with Crippen LogP contribution in [0.4, 0.5) is 0 Å². The molecule has 0 aliphatic heterocycles. The molecule has 2 N–H and O–H groups in total. The lowest BCUT2D eigenvalue weighted by molar-refractivity contribution is 0.435. The summed E-state index contributed by atoms with van der Waals surface area (Å²) in [5.41, 5.74) is 5.80.